The standard InChI is InChI=1S/C18H18Br2N2O2/c1-24-17-15(10-12(19)11-16(17)20)18(23)21-13-4-6-14(7-5-13)22-8-2-3-9-22/h4-7,10-11H,2-3,8-9H2,1H3,(H,21,23). The second-order valence-corrected chi connectivity index (χ2v) is 7.43. The van der Waals surface area contributed by atoms with E-state index in [0.29, 0.717) is 11.3 Å². The fraction of sp³-hybridized carbons (Fsp3) is 0.278. The van der Waals surface area contributed by atoms with Gasteiger partial charge in [-0.1, -0.05) is 15.9 Å². The highest BCUT2D eigenvalue weighted by atomic mass is 79.9. The van der Waals surface area contributed by atoms with E-state index in [-0.39, 0.29) is 5.91 Å². The van der Waals surface area contributed by atoms with Gasteiger partial charge in [-0.05, 0) is 65.2 Å². The normalized spacial score (nSPS) is 13.9. The number of benzene rings is 2. The Labute approximate surface area is 158 Å². The first-order valence-electron chi connectivity index (χ1n) is 7.78. The maximum atomic E-state index is 12.6. The Hall–Kier alpha value is -1.53. The van der Waals surface area contributed by atoms with Crippen LogP contribution in [0.5, 0.6) is 5.75 Å². The third-order valence-electron chi connectivity index (χ3n) is 4.05. The van der Waals surface area contributed by atoms with Crippen molar-refractivity contribution in [1.82, 2.24) is 0 Å². The van der Waals surface area contributed by atoms with Crippen molar-refractivity contribution in [1.29, 1.82) is 0 Å². The second-order valence-electron chi connectivity index (χ2n) is 5.66. The van der Waals surface area contributed by atoms with Crippen LogP contribution in [0.25, 0.3) is 0 Å². The zero-order chi connectivity index (χ0) is 17.1. The highest BCUT2D eigenvalue weighted by molar-refractivity contribution is 9.11. The summed E-state index contributed by atoms with van der Waals surface area (Å²) < 4.78 is 6.88. The Kier molecular flexibility index (Phi) is 5.46. The van der Waals surface area contributed by atoms with Crippen LogP contribution < -0.4 is 15.0 Å². The molecule has 6 heteroatoms. The van der Waals surface area contributed by atoms with Crippen LogP contribution in [-0.2, 0) is 0 Å². The van der Waals surface area contributed by atoms with Gasteiger partial charge in [-0.2, -0.15) is 0 Å². The largest absolute Gasteiger partial charge is 0.495 e. The van der Waals surface area contributed by atoms with E-state index in [1.54, 1.807) is 13.2 Å². The van der Waals surface area contributed by atoms with E-state index in [4.69, 9.17) is 4.74 Å². The summed E-state index contributed by atoms with van der Waals surface area (Å²) in [6.45, 7) is 2.21. The van der Waals surface area contributed by atoms with Crippen molar-refractivity contribution in [3.63, 3.8) is 0 Å². The summed E-state index contributed by atoms with van der Waals surface area (Å²) in [6.07, 6.45) is 2.49. The number of carbonyl (C=O) groups is 1. The van der Waals surface area contributed by atoms with Gasteiger partial charge in [0.25, 0.3) is 5.91 Å². The molecule has 0 aliphatic carbocycles. The van der Waals surface area contributed by atoms with Gasteiger partial charge in [0, 0.05) is 28.9 Å². The van der Waals surface area contributed by atoms with Gasteiger partial charge in [0.05, 0.1) is 17.1 Å². The van der Waals surface area contributed by atoms with E-state index in [2.05, 4.69) is 54.2 Å². The summed E-state index contributed by atoms with van der Waals surface area (Å²) in [5.74, 6) is 0.312. The molecule has 0 saturated carbocycles. The van der Waals surface area contributed by atoms with Crippen LogP contribution in [0.15, 0.2) is 45.3 Å². The zero-order valence-electron chi connectivity index (χ0n) is 13.3. The Bertz CT molecular complexity index is 741. The predicted octanol–water partition coefficient (Wildman–Crippen LogP) is 5.07. The molecule has 1 amide bonds. The average Bonchev–Trinajstić information content (AvgIpc) is 3.09. The van der Waals surface area contributed by atoms with Crippen LogP contribution in [0.1, 0.15) is 23.2 Å². The Morgan fingerprint density at radius 2 is 1.79 bits per heavy atom. The molecule has 0 bridgehead atoms. The fourth-order valence-corrected chi connectivity index (χ4v) is 4.25. The molecule has 0 spiro atoms. The molecule has 0 atom stereocenters. The van der Waals surface area contributed by atoms with Gasteiger partial charge in [0.1, 0.15) is 5.75 Å². The third kappa shape index (κ3) is 3.75. The van der Waals surface area contributed by atoms with Gasteiger partial charge in [0.15, 0.2) is 0 Å². The number of halogens is 2. The minimum Gasteiger partial charge on any atom is -0.495 e. The van der Waals surface area contributed by atoms with Crippen molar-refractivity contribution in [2.45, 2.75) is 12.8 Å². The van der Waals surface area contributed by atoms with Crippen molar-refractivity contribution in [2.75, 3.05) is 30.4 Å². The van der Waals surface area contributed by atoms with E-state index in [1.165, 1.54) is 18.5 Å². The number of carbonyl (C=O) groups excluding carboxylic acids is 1. The second kappa shape index (κ2) is 7.57. The van der Waals surface area contributed by atoms with Crippen molar-refractivity contribution in [2.24, 2.45) is 0 Å². The maximum Gasteiger partial charge on any atom is 0.259 e. The topological polar surface area (TPSA) is 41.6 Å². The molecule has 1 saturated heterocycles. The molecule has 1 fully saturated rings. The molecule has 1 heterocycles. The Balaban J connectivity index is 1.77. The van der Waals surface area contributed by atoms with Gasteiger partial charge in [0.2, 0.25) is 0 Å². The van der Waals surface area contributed by atoms with Crippen molar-refractivity contribution >= 4 is 49.1 Å². The average molecular weight is 454 g/mol. The van der Waals surface area contributed by atoms with Crippen LogP contribution in [-0.4, -0.2) is 26.1 Å². The number of nitrogens with one attached hydrogen (secondary N) is 1. The molecule has 126 valence electrons. The Morgan fingerprint density at radius 1 is 1.12 bits per heavy atom. The number of rotatable bonds is 4. The summed E-state index contributed by atoms with van der Waals surface area (Å²) >= 11 is 6.82. The monoisotopic (exact) mass is 452 g/mol. The van der Waals surface area contributed by atoms with Crippen LogP contribution in [0, 0.1) is 0 Å². The molecular weight excluding hydrogens is 436 g/mol. The number of ether oxygens (including phenoxy) is 1. The number of nitrogens with zero attached hydrogens (tertiary/aromatic N) is 1. The summed E-state index contributed by atoms with van der Waals surface area (Å²) in [5, 5.41) is 2.93. The minimum atomic E-state index is -0.206. The molecule has 1 aliphatic rings. The zero-order valence-corrected chi connectivity index (χ0v) is 16.5. The smallest absolute Gasteiger partial charge is 0.259 e. The number of hydrogen-bond donors (Lipinski definition) is 1. The van der Waals surface area contributed by atoms with Crippen LogP contribution in [0.4, 0.5) is 11.4 Å². The Morgan fingerprint density at radius 3 is 2.42 bits per heavy atom. The molecule has 1 N–H and O–H groups in total. The molecule has 3 rings (SSSR count). The number of amides is 1. The van der Waals surface area contributed by atoms with E-state index in [1.807, 2.05) is 18.2 Å². The van der Waals surface area contributed by atoms with Crippen LogP contribution in [0.3, 0.4) is 0 Å². The molecule has 0 aromatic heterocycles. The number of hydrogen-bond acceptors (Lipinski definition) is 3. The number of methoxy groups -OCH3 is 1. The number of anilines is 2. The lowest BCUT2D eigenvalue weighted by Gasteiger charge is -2.18. The SMILES string of the molecule is COc1c(Br)cc(Br)cc1C(=O)Nc1ccc(N2CCCC2)cc1. The summed E-state index contributed by atoms with van der Waals surface area (Å²) in [5.41, 5.74) is 2.44. The van der Waals surface area contributed by atoms with Gasteiger partial charge in [-0.3, -0.25) is 4.79 Å². The fourth-order valence-electron chi connectivity index (χ4n) is 2.87. The lowest BCUT2D eigenvalue weighted by Crippen LogP contribution is -2.17. The van der Waals surface area contributed by atoms with Crippen LogP contribution in [0.2, 0.25) is 0 Å². The van der Waals surface area contributed by atoms with Gasteiger partial charge in [-0.25, -0.2) is 0 Å². The molecule has 2 aromatic carbocycles. The summed E-state index contributed by atoms with van der Waals surface area (Å²) in [6, 6.07) is 11.6. The molecule has 0 radical (unpaired) electrons. The minimum absolute atomic E-state index is 0.206. The highest BCUT2D eigenvalue weighted by Gasteiger charge is 2.17. The van der Waals surface area contributed by atoms with Gasteiger partial charge >= 0.3 is 0 Å². The van der Waals surface area contributed by atoms with Gasteiger partial charge < -0.3 is 15.0 Å². The highest BCUT2D eigenvalue weighted by Crippen LogP contribution is 2.33. The van der Waals surface area contributed by atoms with E-state index >= 15 is 0 Å². The van der Waals surface area contributed by atoms with E-state index in [0.717, 1.165) is 27.7 Å². The molecule has 0 unspecified atom stereocenters. The first-order valence-corrected chi connectivity index (χ1v) is 9.36. The molecule has 2 aromatic rings. The molecule has 1 aliphatic heterocycles. The van der Waals surface area contributed by atoms with Crippen LogP contribution >= 0.6 is 31.9 Å². The maximum absolute atomic E-state index is 12.6. The van der Waals surface area contributed by atoms with E-state index < -0.39 is 0 Å². The van der Waals surface area contributed by atoms with Crippen molar-refractivity contribution in [3.8, 4) is 5.75 Å². The lowest BCUT2D eigenvalue weighted by molar-refractivity contribution is 0.102. The molecule has 4 nitrogen and oxygen atoms in total. The predicted molar refractivity (Wildman–Crippen MR) is 104 cm³/mol. The van der Waals surface area contributed by atoms with Crippen molar-refractivity contribution in [3.05, 3.63) is 50.9 Å². The summed E-state index contributed by atoms with van der Waals surface area (Å²) in [7, 11) is 1.55. The molecule has 24 heavy (non-hydrogen) atoms. The van der Waals surface area contributed by atoms with Crippen molar-refractivity contribution < 1.29 is 9.53 Å². The first-order chi connectivity index (χ1) is 11.6. The molecular formula is C18H18Br2N2O2. The summed E-state index contributed by atoms with van der Waals surface area (Å²) in [4.78, 5) is 15.0. The van der Waals surface area contributed by atoms with E-state index in [9.17, 15) is 4.79 Å². The quantitative estimate of drug-likeness (QED) is 0.702. The first kappa shape index (κ1) is 17.3. The third-order valence-corrected chi connectivity index (χ3v) is 5.10. The lowest BCUT2D eigenvalue weighted by atomic mass is 10.1. The van der Waals surface area contributed by atoms with Gasteiger partial charge in [-0.15, -0.1) is 0 Å².